The van der Waals surface area contributed by atoms with E-state index in [2.05, 4.69) is 10.4 Å². The lowest BCUT2D eigenvalue weighted by atomic mass is 10.2. The zero-order valence-corrected chi connectivity index (χ0v) is 11.7. The van der Waals surface area contributed by atoms with E-state index in [4.69, 9.17) is 5.11 Å². The number of aliphatic hydroxyl groups is 1. The van der Waals surface area contributed by atoms with Gasteiger partial charge in [0.2, 0.25) is 0 Å². The summed E-state index contributed by atoms with van der Waals surface area (Å²) in [6.45, 7) is 4.15. The Morgan fingerprint density at radius 1 is 1.45 bits per heavy atom. The smallest absolute Gasteiger partial charge is 0.254 e. The number of para-hydroxylation sites is 1. The van der Waals surface area contributed by atoms with Gasteiger partial charge in [-0.15, -0.1) is 0 Å². The molecular formula is C15H19N3O2. The van der Waals surface area contributed by atoms with Crippen LogP contribution in [0.4, 0.5) is 0 Å². The van der Waals surface area contributed by atoms with Crippen LogP contribution in [0.15, 0.2) is 36.7 Å². The first-order valence-electron chi connectivity index (χ1n) is 6.65. The second-order valence-corrected chi connectivity index (χ2v) is 4.85. The monoisotopic (exact) mass is 273 g/mol. The summed E-state index contributed by atoms with van der Waals surface area (Å²) in [4.78, 5) is 11.9. The number of aromatic nitrogens is 2. The minimum absolute atomic E-state index is 0.175. The molecule has 1 atom stereocenters. The average molecular weight is 273 g/mol. The highest BCUT2D eigenvalue weighted by molar-refractivity contribution is 5.93. The lowest BCUT2D eigenvalue weighted by Gasteiger charge is -2.05. The highest BCUT2D eigenvalue weighted by Crippen LogP contribution is 2.13. The quantitative estimate of drug-likeness (QED) is 0.871. The lowest BCUT2D eigenvalue weighted by Crippen LogP contribution is -2.26. The third-order valence-corrected chi connectivity index (χ3v) is 3.05. The Hall–Kier alpha value is -2.14. The number of nitrogens with one attached hydrogen (secondary N) is 1. The fraction of sp³-hybridized carbons (Fsp3) is 0.333. The fourth-order valence-electron chi connectivity index (χ4n) is 1.89. The Kier molecular flexibility index (Phi) is 4.53. The maximum Gasteiger partial charge on any atom is 0.254 e. The molecule has 106 valence electrons. The molecule has 0 aliphatic rings. The van der Waals surface area contributed by atoms with Crippen LogP contribution in [-0.2, 0) is 0 Å². The first-order valence-corrected chi connectivity index (χ1v) is 6.65. The standard InChI is InChI=1S/C15H19N3O2/c1-11-5-3-4-6-14(11)18-10-13(9-17-18)15(20)16-8-7-12(2)19/h3-6,9-10,12,19H,7-8H2,1-2H3,(H,16,20). The third kappa shape index (κ3) is 3.45. The molecule has 1 aromatic heterocycles. The third-order valence-electron chi connectivity index (χ3n) is 3.05. The van der Waals surface area contributed by atoms with Gasteiger partial charge in [-0.3, -0.25) is 4.79 Å². The molecule has 2 aromatic rings. The molecule has 0 saturated carbocycles. The summed E-state index contributed by atoms with van der Waals surface area (Å²) < 4.78 is 1.69. The van der Waals surface area contributed by atoms with Crippen LogP contribution < -0.4 is 5.32 Å². The van der Waals surface area contributed by atoms with Gasteiger partial charge in [0, 0.05) is 12.7 Å². The molecule has 0 fully saturated rings. The van der Waals surface area contributed by atoms with E-state index in [9.17, 15) is 4.79 Å². The molecule has 1 amide bonds. The zero-order valence-electron chi connectivity index (χ0n) is 11.7. The van der Waals surface area contributed by atoms with E-state index in [1.54, 1.807) is 24.0 Å². The zero-order chi connectivity index (χ0) is 14.5. The number of carbonyl (C=O) groups excluding carboxylic acids is 1. The van der Waals surface area contributed by atoms with E-state index in [1.165, 1.54) is 0 Å². The number of benzene rings is 1. The van der Waals surface area contributed by atoms with E-state index in [1.807, 2.05) is 31.2 Å². The molecule has 0 aliphatic heterocycles. The molecule has 20 heavy (non-hydrogen) atoms. The van der Waals surface area contributed by atoms with E-state index in [0.717, 1.165) is 11.3 Å². The van der Waals surface area contributed by atoms with Gasteiger partial charge in [-0.25, -0.2) is 4.68 Å². The van der Waals surface area contributed by atoms with Crippen LogP contribution in [0.3, 0.4) is 0 Å². The maximum atomic E-state index is 11.9. The second-order valence-electron chi connectivity index (χ2n) is 4.85. The topological polar surface area (TPSA) is 67.2 Å². The summed E-state index contributed by atoms with van der Waals surface area (Å²) in [6.07, 6.45) is 3.38. The van der Waals surface area contributed by atoms with Gasteiger partial charge < -0.3 is 10.4 Å². The van der Waals surface area contributed by atoms with Gasteiger partial charge in [0.05, 0.1) is 23.6 Å². The molecule has 2 rings (SSSR count). The van der Waals surface area contributed by atoms with E-state index < -0.39 is 6.10 Å². The number of aliphatic hydroxyl groups excluding tert-OH is 1. The summed E-state index contributed by atoms with van der Waals surface area (Å²) in [5.74, 6) is -0.175. The molecule has 5 nitrogen and oxygen atoms in total. The van der Waals surface area contributed by atoms with Crippen LogP contribution in [0.2, 0.25) is 0 Å². The Labute approximate surface area is 118 Å². The number of rotatable bonds is 5. The molecule has 0 saturated heterocycles. The summed E-state index contributed by atoms with van der Waals surface area (Å²) in [5, 5.41) is 16.1. The van der Waals surface area contributed by atoms with Gasteiger partial charge in [-0.2, -0.15) is 5.10 Å². The maximum absolute atomic E-state index is 11.9. The van der Waals surface area contributed by atoms with Gasteiger partial charge in [0.1, 0.15) is 0 Å². The van der Waals surface area contributed by atoms with Crippen LogP contribution in [0.25, 0.3) is 5.69 Å². The molecule has 0 radical (unpaired) electrons. The summed E-state index contributed by atoms with van der Waals surface area (Å²) in [6, 6.07) is 7.86. The van der Waals surface area contributed by atoms with Crippen LogP contribution in [0.1, 0.15) is 29.3 Å². The number of amides is 1. The van der Waals surface area contributed by atoms with E-state index >= 15 is 0 Å². The Morgan fingerprint density at radius 2 is 2.20 bits per heavy atom. The van der Waals surface area contributed by atoms with Gasteiger partial charge in [0.15, 0.2) is 0 Å². The van der Waals surface area contributed by atoms with Gasteiger partial charge in [-0.1, -0.05) is 18.2 Å². The fourth-order valence-corrected chi connectivity index (χ4v) is 1.89. The molecule has 5 heteroatoms. The van der Waals surface area contributed by atoms with Crippen molar-refractivity contribution in [2.24, 2.45) is 0 Å². The molecule has 1 unspecified atom stereocenters. The van der Waals surface area contributed by atoms with Crippen LogP contribution in [-0.4, -0.2) is 33.4 Å². The second kappa shape index (κ2) is 6.34. The normalized spacial score (nSPS) is 12.2. The minimum atomic E-state index is -0.412. The molecule has 2 N–H and O–H groups in total. The van der Waals surface area contributed by atoms with Crippen molar-refractivity contribution in [1.29, 1.82) is 0 Å². The Morgan fingerprint density at radius 3 is 2.90 bits per heavy atom. The van der Waals surface area contributed by atoms with Crippen molar-refractivity contribution in [3.63, 3.8) is 0 Å². The van der Waals surface area contributed by atoms with Crippen molar-refractivity contribution in [3.8, 4) is 5.69 Å². The minimum Gasteiger partial charge on any atom is -0.393 e. The Bertz CT molecular complexity index is 590. The van der Waals surface area contributed by atoms with Gasteiger partial charge in [-0.05, 0) is 31.9 Å². The van der Waals surface area contributed by atoms with E-state index in [0.29, 0.717) is 18.5 Å². The summed E-state index contributed by atoms with van der Waals surface area (Å²) in [5.41, 5.74) is 2.56. The van der Waals surface area contributed by atoms with Crippen molar-refractivity contribution < 1.29 is 9.90 Å². The number of nitrogens with zero attached hydrogens (tertiary/aromatic N) is 2. The van der Waals surface area contributed by atoms with Crippen LogP contribution >= 0.6 is 0 Å². The Balaban J connectivity index is 2.06. The van der Waals surface area contributed by atoms with Gasteiger partial charge in [0.25, 0.3) is 5.91 Å². The molecule has 0 spiro atoms. The summed E-state index contributed by atoms with van der Waals surface area (Å²) >= 11 is 0. The largest absolute Gasteiger partial charge is 0.393 e. The lowest BCUT2D eigenvalue weighted by molar-refractivity contribution is 0.0945. The van der Waals surface area contributed by atoms with Crippen molar-refractivity contribution >= 4 is 5.91 Å². The molecule has 0 aliphatic carbocycles. The number of carbonyl (C=O) groups is 1. The molecular weight excluding hydrogens is 254 g/mol. The van der Waals surface area contributed by atoms with E-state index in [-0.39, 0.29) is 5.91 Å². The van der Waals surface area contributed by atoms with Crippen molar-refractivity contribution in [1.82, 2.24) is 15.1 Å². The van der Waals surface area contributed by atoms with Crippen molar-refractivity contribution in [3.05, 3.63) is 47.8 Å². The number of hydrogen-bond donors (Lipinski definition) is 2. The van der Waals surface area contributed by atoms with Crippen LogP contribution in [0.5, 0.6) is 0 Å². The highest BCUT2D eigenvalue weighted by Gasteiger charge is 2.10. The van der Waals surface area contributed by atoms with Crippen LogP contribution in [0, 0.1) is 6.92 Å². The SMILES string of the molecule is Cc1ccccc1-n1cc(C(=O)NCCC(C)O)cn1. The first kappa shape index (κ1) is 14.3. The number of hydrogen-bond acceptors (Lipinski definition) is 3. The molecule has 0 bridgehead atoms. The predicted molar refractivity (Wildman–Crippen MR) is 76.9 cm³/mol. The average Bonchev–Trinajstić information content (AvgIpc) is 2.88. The number of aryl methyl sites for hydroxylation is 1. The first-order chi connectivity index (χ1) is 9.58. The summed E-state index contributed by atoms with van der Waals surface area (Å²) in [7, 11) is 0. The van der Waals surface area contributed by atoms with Gasteiger partial charge >= 0.3 is 0 Å². The predicted octanol–water partition coefficient (Wildman–Crippen LogP) is 1.68. The molecule has 1 heterocycles. The van der Waals surface area contributed by atoms with Crippen molar-refractivity contribution in [2.75, 3.05) is 6.54 Å². The van der Waals surface area contributed by atoms with Crippen molar-refractivity contribution in [2.45, 2.75) is 26.4 Å². The highest BCUT2D eigenvalue weighted by atomic mass is 16.3. The molecule has 1 aromatic carbocycles.